The third-order valence-electron chi connectivity index (χ3n) is 2.81. The van der Waals surface area contributed by atoms with Crippen molar-refractivity contribution in [3.05, 3.63) is 41.8 Å². The molecule has 0 fully saturated rings. The van der Waals surface area contributed by atoms with Crippen LogP contribution >= 0.6 is 11.9 Å². The second-order valence-electron chi connectivity index (χ2n) is 4.79. The van der Waals surface area contributed by atoms with Gasteiger partial charge in [-0.05, 0) is 37.9 Å². The summed E-state index contributed by atoms with van der Waals surface area (Å²) in [6.07, 6.45) is 3.09. The Kier molecular flexibility index (Phi) is 7.60. The van der Waals surface area contributed by atoms with Crippen LogP contribution in [0, 0.1) is 13.8 Å². The Morgan fingerprint density at radius 3 is 2.41 bits per heavy atom. The normalized spacial score (nSPS) is 9.68. The summed E-state index contributed by atoms with van der Waals surface area (Å²) < 4.78 is 8.47. The van der Waals surface area contributed by atoms with Gasteiger partial charge in [-0.25, -0.2) is 0 Å². The standard InChI is InChI=1S/C14H17N3OS.C3H8/c1-5-11-12(15-4)7-6-8-13(11)17-19-14-9(2)16-18-10(14)3;1-3-2/h5-8,15,17H,1H2,2-4H3;3H2,1-2H3. The zero-order valence-corrected chi connectivity index (χ0v) is 14.8. The van der Waals surface area contributed by atoms with E-state index in [1.54, 1.807) is 0 Å². The summed E-state index contributed by atoms with van der Waals surface area (Å²) in [7, 11) is 1.90. The molecule has 4 nitrogen and oxygen atoms in total. The molecular formula is C17H25N3OS. The van der Waals surface area contributed by atoms with Crippen molar-refractivity contribution in [1.29, 1.82) is 0 Å². The molecule has 0 spiro atoms. The molecule has 22 heavy (non-hydrogen) atoms. The predicted octanol–water partition coefficient (Wildman–Crippen LogP) is 5.51. The van der Waals surface area contributed by atoms with E-state index in [2.05, 4.69) is 35.6 Å². The topological polar surface area (TPSA) is 50.1 Å². The minimum Gasteiger partial charge on any atom is -0.388 e. The molecule has 5 heteroatoms. The zero-order valence-electron chi connectivity index (χ0n) is 14.0. The lowest BCUT2D eigenvalue weighted by atomic mass is 10.1. The van der Waals surface area contributed by atoms with Crippen LogP contribution in [0.15, 0.2) is 34.2 Å². The highest BCUT2D eigenvalue weighted by Crippen LogP contribution is 2.31. The molecule has 0 aliphatic rings. The Morgan fingerprint density at radius 1 is 1.27 bits per heavy atom. The maximum atomic E-state index is 5.14. The Bertz CT molecular complexity index is 588. The van der Waals surface area contributed by atoms with Crippen LogP contribution in [-0.4, -0.2) is 12.2 Å². The molecule has 2 aromatic rings. The maximum absolute atomic E-state index is 5.14. The van der Waals surface area contributed by atoms with Crippen LogP contribution in [0.4, 0.5) is 11.4 Å². The van der Waals surface area contributed by atoms with Crippen molar-refractivity contribution in [2.75, 3.05) is 17.1 Å². The smallest absolute Gasteiger partial charge is 0.149 e. The lowest BCUT2D eigenvalue weighted by Crippen LogP contribution is -1.96. The molecule has 0 saturated heterocycles. The SMILES string of the molecule is C=Cc1c(NC)cccc1NSc1c(C)noc1C.CCC. The van der Waals surface area contributed by atoms with Crippen molar-refractivity contribution >= 4 is 29.4 Å². The van der Waals surface area contributed by atoms with Gasteiger partial charge in [-0.15, -0.1) is 0 Å². The van der Waals surface area contributed by atoms with E-state index in [0.717, 1.165) is 33.3 Å². The van der Waals surface area contributed by atoms with Crippen LogP contribution in [0.1, 0.15) is 37.3 Å². The fraction of sp³-hybridized carbons (Fsp3) is 0.353. The van der Waals surface area contributed by atoms with Crippen molar-refractivity contribution in [3.63, 3.8) is 0 Å². The summed E-state index contributed by atoms with van der Waals surface area (Å²) in [6, 6.07) is 6.03. The van der Waals surface area contributed by atoms with E-state index in [1.165, 1.54) is 18.4 Å². The molecule has 1 aromatic carbocycles. The average molecular weight is 319 g/mol. The van der Waals surface area contributed by atoms with Crippen LogP contribution in [-0.2, 0) is 0 Å². The molecule has 0 aliphatic carbocycles. The molecular weight excluding hydrogens is 294 g/mol. The fourth-order valence-corrected chi connectivity index (χ4v) is 2.57. The first-order valence-electron chi connectivity index (χ1n) is 7.37. The van der Waals surface area contributed by atoms with Gasteiger partial charge in [-0.1, -0.05) is 44.1 Å². The average Bonchev–Trinajstić information content (AvgIpc) is 2.84. The van der Waals surface area contributed by atoms with Gasteiger partial charge in [0.15, 0.2) is 0 Å². The summed E-state index contributed by atoms with van der Waals surface area (Å²) >= 11 is 1.50. The van der Waals surface area contributed by atoms with Crippen molar-refractivity contribution in [1.82, 2.24) is 5.16 Å². The molecule has 0 radical (unpaired) electrons. The molecule has 0 bridgehead atoms. The van der Waals surface area contributed by atoms with E-state index < -0.39 is 0 Å². The first-order valence-corrected chi connectivity index (χ1v) is 8.19. The third-order valence-corrected chi connectivity index (χ3v) is 3.92. The van der Waals surface area contributed by atoms with Gasteiger partial charge in [0.25, 0.3) is 0 Å². The zero-order chi connectivity index (χ0) is 16.5. The Balaban J connectivity index is 0.000000745. The van der Waals surface area contributed by atoms with Crippen LogP contribution in [0.25, 0.3) is 6.08 Å². The number of aryl methyl sites for hydroxylation is 2. The van der Waals surface area contributed by atoms with Gasteiger partial charge < -0.3 is 14.6 Å². The van der Waals surface area contributed by atoms with E-state index in [9.17, 15) is 0 Å². The lowest BCUT2D eigenvalue weighted by molar-refractivity contribution is 0.391. The van der Waals surface area contributed by atoms with Gasteiger partial charge in [0.05, 0.1) is 16.3 Å². The Hall–Kier alpha value is -1.88. The second-order valence-corrected chi connectivity index (χ2v) is 5.60. The van der Waals surface area contributed by atoms with Crippen molar-refractivity contribution in [3.8, 4) is 0 Å². The molecule has 0 saturated carbocycles. The number of nitrogens with zero attached hydrogens (tertiary/aromatic N) is 1. The number of nitrogens with one attached hydrogen (secondary N) is 2. The number of anilines is 2. The Morgan fingerprint density at radius 2 is 1.91 bits per heavy atom. The monoisotopic (exact) mass is 319 g/mol. The number of benzene rings is 1. The van der Waals surface area contributed by atoms with Gasteiger partial charge in [-0.3, -0.25) is 0 Å². The molecule has 0 unspecified atom stereocenters. The highest BCUT2D eigenvalue weighted by atomic mass is 32.2. The van der Waals surface area contributed by atoms with E-state index in [-0.39, 0.29) is 0 Å². The first-order chi connectivity index (χ1) is 10.6. The Labute approximate surface area is 137 Å². The first kappa shape index (κ1) is 18.2. The van der Waals surface area contributed by atoms with Gasteiger partial charge >= 0.3 is 0 Å². The van der Waals surface area contributed by atoms with Gasteiger partial charge in [0, 0.05) is 18.3 Å². The fourth-order valence-electron chi connectivity index (χ4n) is 1.82. The van der Waals surface area contributed by atoms with Crippen molar-refractivity contribution in [2.45, 2.75) is 39.0 Å². The summed E-state index contributed by atoms with van der Waals surface area (Å²) in [5, 5.41) is 7.09. The minimum atomic E-state index is 0.819. The number of hydrogen-bond donors (Lipinski definition) is 2. The van der Waals surface area contributed by atoms with E-state index in [1.807, 2.05) is 45.2 Å². The molecule has 2 rings (SSSR count). The van der Waals surface area contributed by atoms with Gasteiger partial charge in [0.2, 0.25) is 0 Å². The second kappa shape index (κ2) is 9.20. The van der Waals surface area contributed by atoms with Crippen LogP contribution < -0.4 is 10.0 Å². The van der Waals surface area contributed by atoms with Gasteiger partial charge in [-0.2, -0.15) is 0 Å². The highest BCUT2D eigenvalue weighted by molar-refractivity contribution is 8.00. The molecule has 0 atom stereocenters. The third kappa shape index (κ3) is 4.56. The number of hydrogen-bond acceptors (Lipinski definition) is 5. The minimum absolute atomic E-state index is 0.819. The van der Waals surface area contributed by atoms with E-state index in [0.29, 0.717) is 0 Å². The van der Waals surface area contributed by atoms with E-state index in [4.69, 9.17) is 4.52 Å². The summed E-state index contributed by atoms with van der Waals surface area (Å²) in [5.74, 6) is 0.819. The maximum Gasteiger partial charge on any atom is 0.149 e. The van der Waals surface area contributed by atoms with Crippen LogP contribution in [0.3, 0.4) is 0 Å². The predicted molar refractivity (Wildman–Crippen MR) is 97.5 cm³/mol. The molecule has 2 N–H and O–H groups in total. The van der Waals surface area contributed by atoms with Crippen molar-refractivity contribution in [2.24, 2.45) is 0 Å². The molecule has 0 aliphatic heterocycles. The summed E-state index contributed by atoms with van der Waals surface area (Å²) in [5.41, 5.74) is 3.98. The van der Waals surface area contributed by atoms with Crippen LogP contribution in [0.5, 0.6) is 0 Å². The molecule has 1 heterocycles. The van der Waals surface area contributed by atoms with Gasteiger partial charge in [0.1, 0.15) is 5.76 Å². The van der Waals surface area contributed by atoms with Crippen LogP contribution in [0.2, 0.25) is 0 Å². The number of aromatic nitrogens is 1. The largest absolute Gasteiger partial charge is 0.388 e. The molecule has 0 amide bonds. The highest BCUT2D eigenvalue weighted by Gasteiger charge is 2.11. The van der Waals surface area contributed by atoms with Crippen molar-refractivity contribution < 1.29 is 4.52 Å². The number of rotatable bonds is 5. The lowest BCUT2D eigenvalue weighted by Gasteiger charge is -2.12. The summed E-state index contributed by atoms with van der Waals surface area (Å²) in [6.45, 7) is 11.9. The molecule has 120 valence electrons. The van der Waals surface area contributed by atoms with E-state index >= 15 is 0 Å². The summed E-state index contributed by atoms with van der Waals surface area (Å²) in [4.78, 5) is 1.02. The quantitative estimate of drug-likeness (QED) is 0.711. The molecule has 1 aromatic heterocycles.